The van der Waals surface area contributed by atoms with E-state index < -0.39 is 45.0 Å². The van der Waals surface area contributed by atoms with Gasteiger partial charge in [0.15, 0.2) is 0 Å². The number of halogens is 1. The van der Waals surface area contributed by atoms with E-state index in [0.29, 0.717) is 16.7 Å². The molecule has 0 aliphatic rings. The number of carbonyl (C=O) groups excluding carboxylic acids is 1. The Hall–Kier alpha value is -4.18. The average molecular weight is 452 g/mol. The molecule has 9 nitrogen and oxygen atoms in total. The number of amides is 1. The van der Waals surface area contributed by atoms with Crippen LogP contribution in [0.1, 0.15) is 41.3 Å². The molecule has 1 amide bonds. The number of nitrogens with two attached hydrogens (primary N) is 1. The maximum Gasteiger partial charge on any atom is 0.276 e. The highest BCUT2D eigenvalue weighted by atomic mass is 19.1. The largest absolute Gasteiger partial charge is 0.369 e. The predicted octanol–water partition coefficient (Wildman–Crippen LogP) is 4.11. The highest BCUT2D eigenvalue weighted by Gasteiger charge is 2.23. The fourth-order valence-corrected chi connectivity index (χ4v) is 3.55. The highest BCUT2D eigenvalue weighted by molar-refractivity contribution is 5.76. The van der Waals surface area contributed by atoms with E-state index in [1.165, 1.54) is 24.3 Å². The summed E-state index contributed by atoms with van der Waals surface area (Å²) in [7, 11) is 0. The summed E-state index contributed by atoms with van der Waals surface area (Å²) in [4.78, 5) is 32.5. The molecule has 0 aliphatic carbocycles. The standard InChI is InChI=1S/C23H21FN4O5/c1-14(18-11-20(27(30)31)13-21(12-18)28(32)33)26-23(16-5-7-19(24)8-6-16)17-4-2-3-15(9-17)10-22(25)29/h2-9,11-14,23,26H,10H2,1H3,(H2,25,29). The molecule has 3 aromatic carbocycles. The molecular weight excluding hydrogens is 431 g/mol. The first kappa shape index (κ1) is 23.5. The van der Waals surface area contributed by atoms with Gasteiger partial charge in [-0.2, -0.15) is 0 Å². The van der Waals surface area contributed by atoms with Gasteiger partial charge < -0.3 is 5.73 Å². The number of nitrogens with one attached hydrogen (secondary N) is 1. The number of rotatable bonds is 9. The smallest absolute Gasteiger partial charge is 0.276 e. The molecule has 0 fully saturated rings. The predicted molar refractivity (Wildman–Crippen MR) is 119 cm³/mol. The third-order valence-electron chi connectivity index (χ3n) is 5.13. The molecule has 2 unspecified atom stereocenters. The zero-order valence-electron chi connectivity index (χ0n) is 17.6. The van der Waals surface area contributed by atoms with E-state index >= 15 is 0 Å². The van der Waals surface area contributed by atoms with Crippen LogP contribution in [-0.4, -0.2) is 15.8 Å². The third kappa shape index (κ3) is 5.95. The molecular formula is C23H21FN4O5. The number of hydrogen-bond donors (Lipinski definition) is 2. The lowest BCUT2D eigenvalue weighted by atomic mass is 9.94. The number of carbonyl (C=O) groups is 1. The van der Waals surface area contributed by atoms with Crippen LogP contribution in [-0.2, 0) is 11.2 Å². The molecule has 0 saturated carbocycles. The lowest BCUT2D eigenvalue weighted by molar-refractivity contribution is -0.394. The third-order valence-corrected chi connectivity index (χ3v) is 5.13. The van der Waals surface area contributed by atoms with E-state index in [-0.39, 0.29) is 6.42 Å². The lowest BCUT2D eigenvalue weighted by Crippen LogP contribution is -2.26. The topological polar surface area (TPSA) is 141 Å². The van der Waals surface area contributed by atoms with Crippen molar-refractivity contribution in [3.05, 3.63) is 115 Å². The molecule has 0 heterocycles. The highest BCUT2D eigenvalue weighted by Crippen LogP contribution is 2.30. The van der Waals surface area contributed by atoms with Crippen molar-refractivity contribution in [3.63, 3.8) is 0 Å². The van der Waals surface area contributed by atoms with Crippen LogP contribution in [0.3, 0.4) is 0 Å². The van der Waals surface area contributed by atoms with Gasteiger partial charge in [0.25, 0.3) is 11.4 Å². The SMILES string of the molecule is CC(NC(c1ccc(F)cc1)c1cccc(CC(N)=O)c1)c1cc([N+](=O)[O-])cc([N+](=O)[O-])c1. The van der Waals surface area contributed by atoms with Gasteiger partial charge in [-0.1, -0.05) is 36.4 Å². The Labute approximate surface area is 188 Å². The summed E-state index contributed by atoms with van der Waals surface area (Å²) in [6.45, 7) is 1.71. The van der Waals surface area contributed by atoms with Gasteiger partial charge in [-0.3, -0.25) is 30.3 Å². The summed E-state index contributed by atoms with van der Waals surface area (Å²) in [5.41, 5.74) is 6.99. The van der Waals surface area contributed by atoms with Gasteiger partial charge in [0.1, 0.15) is 5.82 Å². The van der Waals surface area contributed by atoms with Crippen molar-refractivity contribution in [2.45, 2.75) is 25.4 Å². The van der Waals surface area contributed by atoms with Gasteiger partial charge in [0, 0.05) is 18.2 Å². The number of primary amides is 1. The average Bonchev–Trinajstić information content (AvgIpc) is 2.77. The summed E-state index contributed by atoms with van der Waals surface area (Å²) in [5, 5.41) is 25.8. The van der Waals surface area contributed by atoms with E-state index in [4.69, 9.17) is 5.73 Å². The zero-order valence-corrected chi connectivity index (χ0v) is 17.6. The molecule has 33 heavy (non-hydrogen) atoms. The Kier molecular flexibility index (Phi) is 7.09. The van der Waals surface area contributed by atoms with Gasteiger partial charge in [-0.25, -0.2) is 4.39 Å². The van der Waals surface area contributed by atoms with Crippen molar-refractivity contribution in [3.8, 4) is 0 Å². The van der Waals surface area contributed by atoms with E-state index in [1.807, 2.05) is 6.07 Å². The molecule has 0 aromatic heterocycles. The lowest BCUT2D eigenvalue weighted by Gasteiger charge is -2.25. The van der Waals surface area contributed by atoms with Crippen molar-refractivity contribution >= 4 is 17.3 Å². The van der Waals surface area contributed by atoms with Crippen molar-refractivity contribution < 1.29 is 19.0 Å². The fraction of sp³-hybridized carbons (Fsp3) is 0.174. The fourth-order valence-electron chi connectivity index (χ4n) is 3.55. The van der Waals surface area contributed by atoms with Crippen molar-refractivity contribution in [1.29, 1.82) is 0 Å². The summed E-state index contributed by atoms with van der Waals surface area (Å²) >= 11 is 0. The molecule has 0 radical (unpaired) electrons. The van der Waals surface area contributed by atoms with E-state index in [9.17, 15) is 29.4 Å². The first-order valence-electron chi connectivity index (χ1n) is 9.96. The van der Waals surface area contributed by atoms with Crippen LogP contribution in [0.4, 0.5) is 15.8 Å². The number of non-ortho nitro benzene ring substituents is 2. The first-order valence-corrected chi connectivity index (χ1v) is 9.96. The van der Waals surface area contributed by atoms with Gasteiger partial charge in [0.2, 0.25) is 5.91 Å². The van der Waals surface area contributed by atoms with Gasteiger partial charge in [-0.05, 0) is 41.3 Å². The first-order chi connectivity index (χ1) is 15.6. The van der Waals surface area contributed by atoms with Crippen LogP contribution in [0.15, 0.2) is 66.7 Å². The van der Waals surface area contributed by atoms with E-state index in [0.717, 1.165) is 11.6 Å². The van der Waals surface area contributed by atoms with Crippen LogP contribution >= 0.6 is 0 Å². The molecule has 0 aliphatic heterocycles. The van der Waals surface area contributed by atoms with Gasteiger partial charge >= 0.3 is 0 Å². The maximum atomic E-state index is 13.5. The Morgan fingerprint density at radius 2 is 1.55 bits per heavy atom. The number of nitro benzene ring substituents is 2. The number of benzene rings is 3. The molecule has 3 rings (SSSR count). The molecule has 170 valence electrons. The molecule has 2 atom stereocenters. The molecule has 0 saturated heterocycles. The van der Waals surface area contributed by atoms with Gasteiger partial charge in [-0.15, -0.1) is 0 Å². The number of nitro groups is 2. The number of hydrogen-bond acceptors (Lipinski definition) is 6. The minimum absolute atomic E-state index is 0.0383. The van der Waals surface area contributed by atoms with Gasteiger partial charge in [0.05, 0.1) is 28.4 Å². The van der Waals surface area contributed by atoms with Crippen molar-refractivity contribution in [1.82, 2.24) is 5.32 Å². The second-order valence-corrected chi connectivity index (χ2v) is 7.56. The Morgan fingerprint density at radius 3 is 2.09 bits per heavy atom. The summed E-state index contributed by atoms with van der Waals surface area (Å²) in [6, 6.07) is 15.3. The Balaban J connectivity index is 2.02. The van der Waals surface area contributed by atoms with Crippen molar-refractivity contribution in [2.24, 2.45) is 5.73 Å². The Morgan fingerprint density at radius 1 is 0.939 bits per heavy atom. The monoisotopic (exact) mass is 452 g/mol. The van der Waals surface area contributed by atoms with Crippen molar-refractivity contribution in [2.75, 3.05) is 0 Å². The second kappa shape index (κ2) is 9.96. The van der Waals surface area contributed by atoms with Crippen LogP contribution in [0.2, 0.25) is 0 Å². The molecule has 3 N–H and O–H groups in total. The quantitative estimate of drug-likeness (QED) is 0.370. The molecule has 0 bridgehead atoms. The summed E-state index contributed by atoms with van der Waals surface area (Å²) in [5.74, 6) is -0.905. The normalized spacial score (nSPS) is 12.7. The minimum Gasteiger partial charge on any atom is -0.369 e. The zero-order chi connectivity index (χ0) is 24.1. The van der Waals surface area contributed by atoms with Crippen LogP contribution in [0.25, 0.3) is 0 Å². The van der Waals surface area contributed by atoms with E-state index in [1.54, 1.807) is 37.3 Å². The van der Waals surface area contributed by atoms with Crippen LogP contribution < -0.4 is 11.1 Å². The summed E-state index contributed by atoms with van der Waals surface area (Å²) < 4.78 is 13.5. The van der Waals surface area contributed by atoms with Crippen LogP contribution in [0, 0.1) is 26.0 Å². The number of nitrogens with zero attached hydrogens (tertiary/aromatic N) is 2. The molecule has 10 heteroatoms. The molecule has 3 aromatic rings. The van der Waals surface area contributed by atoms with E-state index in [2.05, 4.69) is 5.32 Å². The van der Waals surface area contributed by atoms with Crippen LogP contribution in [0.5, 0.6) is 0 Å². The summed E-state index contributed by atoms with van der Waals surface area (Å²) in [6.07, 6.45) is 0.0383. The Bertz CT molecular complexity index is 1170. The molecule has 0 spiro atoms. The minimum atomic E-state index is -0.687. The maximum absolute atomic E-state index is 13.5. The second-order valence-electron chi connectivity index (χ2n) is 7.56.